The first-order valence-corrected chi connectivity index (χ1v) is 10.6. The molecule has 8 heteroatoms. The molecule has 3 rings (SSSR count). The van der Waals surface area contributed by atoms with Crippen molar-refractivity contribution >= 4 is 40.3 Å². The minimum absolute atomic E-state index is 0.0189. The highest BCUT2D eigenvalue weighted by atomic mass is 32.1. The fraction of sp³-hybridized carbons (Fsp3) is 0.526. The van der Waals surface area contributed by atoms with Crippen LogP contribution in [-0.4, -0.2) is 35.4 Å². The van der Waals surface area contributed by atoms with Gasteiger partial charge in [0.1, 0.15) is 5.92 Å². The van der Waals surface area contributed by atoms with Gasteiger partial charge in [-0.2, -0.15) is 4.68 Å². The first-order valence-electron chi connectivity index (χ1n) is 9.38. The highest BCUT2D eigenvalue weighted by molar-refractivity contribution is 7.73. The molecule has 2 heterocycles. The van der Waals surface area contributed by atoms with E-state index in [-0.39, 0.29) is 11.9 Å². The van der Waals surface area contributed by atoms with Crippen LogP contribution in [0.2, 0.25) is 0 Å². The lowest BCUT2D eigenvalue weighted by molar-refractivity contribution is -0.930. The summed E-state index contributed by atoms with van der Waals surface area (Å²) < 4.78 is 7.80. The largest absolute Gasteiger partial charge is 0.466 e. The Balaban J connectivity index is 1.65. The summed E-state index contributed by atoms with van der Waals surface area (Å²) in [6.07, 6.45) is 1.93. The van der Waals surface area contributed by atoms with Crippen molar-refractivity contribution in [3.05, 3.63) is 33.3 Å². The van der Waals surface area contributed by atoms with E-state index in [4.69, 9.17) is 17.0 Å². The molecule has 2 N–H and O–H groups in total. The Labute approximate surface area is 169 Å². The topological polar surface area (TPSA) is 60.6 Å². The van der Waals surface area contributed by atoms with E-state index in [0.29, 0.717) is 13.3 Å². The van der Waals surface area contributed by atoms with Crippen LogP contribution in [0, 0.1) is 23.7 Å². The SMILES string of the molecule is CCOC(=O)[C@@H]1CCC[NH+](Cn2nc(Nc3ccc(C)c(C)c3)sc2=S)C1. The zero-order valence-corrected chi connectivity index (χ0v) is 17.7. The molecule has 1 aromatic carbocycles. The van der Waals surface area contributed by atoms with Gasteiger partial charge in [0.2, 0.25) is 5.13 Å². The molecule has 0 saturated carbocycles. The van der Waals surface area contributed by atoms with Gasteiger partial charge in [-0.25, -0.2) is 0 Å². The molecule has 0 radical (unpaired) electrons. The van der Waals surface area contributed by atoms with Gasteiger partial charge in [0.25, 0.3) is 0 Å². The maximum Gasteiger partial charge on any atom is 0.314 e. The van der Waals surface area contributed by atoms with Crippen molar-refractivity contribution in [2.45, 2.75) is 40.3 Å². The van der Waals surface area contributed by atoms with E-state index in [9.17, 15) is 4.79 Å². The molecule has 0 aliphatic carbocycles. The fourth-order valence-corrected chi connectivity index (χ4v) is 4.39. The molecule has 1 aliphatic rings. The third-order valence-electron chi connectivity index (χ3n) is 4.98. The Morgan fingerprint density at radius 2 is 2.26 bits per heavy atom. The predicted molar refractivity (Wildman–Crippen MR) is 110 cm³/mol. The van der Waals surface area contributed by atoms with Crippen molar-refractivity contribution < 1.29 is 14.4 Å². The average Bonchev–Trinajstić information content (AvgIpc) is 2.97. The minimum Gasteiger partial charge on any atom is -0.466 e. The van der Waals surface area contributed by atoms with Gasteiger partial charge in [-0.05, 0) is 69.1 Å². The number of nitrogens with zero attached hydrogens (tertiary/aromatic N) is 2. The molecule has 1 fully saturated rings. The Bertz CT molecular complexity index is 862. The molecular formula is C19H27N4O2S2+. The Morgan fingerprint density at radius 3 is 3.00 bits per heavy atom. The van der Waals surface area contributed by atoms with Gasteiger partial charge in [0.15, 0.2) is 10.6 Å². The number of esters is 1. The lowest BCUT2D eigenvalue weighted by Gasteiger charge is -2.28. The number of benzene rings is 1. The summed E-state index contributed by atoms with van der Waals surface area (Å²) in [5.74, 6) is -0.0942. The fourth-order valence-electron chi connectivity index (χ4n) is 3.37. The quantitative estimate of drug-likeness (QED) is 0.570. The van der Waals surface area contributed by atoms with Crippen molar-refractivity contribution in [2.24, 2.45) is 5.92 Å². The smallest absolute Gasteiger partial charge is 0.314 e. The number of hydrogen-bond donors (Lipinski definition) is 2. The number of nitrogens with one attached hydrogen (secondary N) is 2. The maximum absolute atomic E-state index is 12.0. The van der Waals surface area contributed by atoms with Crippen molar-refractivity contribution in [3.8, 4) is 0 Å². The maximum atomic E-state index is 12.0. The van der Waals surface area contributed by atoms with E-state index < -0.39 is 0 Å². The molecule has 1 saturated heterocycles. The van der Waals surface area contributed by atoms with Gasteiger partial charge in [-0.3, -0.25) is 4.79 Å². The number of likely N-dealkylation sites (tertiary alicyclic amines) is 1. The first kappa shape index (κ1) is 20.0. The van der Waals surface area contributed by atoms with Gasteiger partial charge >= 0.3 is 5.97 Å². The van der Waals surface area contributed by atoms with E-state index in [2.05, 4.69) is 42.5 Å². The molecule has 1 aliphatic heterocycles. The minimum atomic E-state index is -0.0753. The summed E-state index contributed by atoms with van der Waals surface area (Å²) in [6.45, 7) is 8.97. The number of aryl methyl sites for hydroxylation is 2. The molecule has 27 heavy (non-hydrogen) atoms. The van der Waals surface area contributed by atoms with Gasteiger partial charge < -0.3 is 15.0 Å². The van der Waals surface area contributed by atoms with Crippen LogP contribution >= 0.6 is 23.6 Å². The van der Waals surface area contributed by atoms with Crippen molar-refractivity contribution in [2.75, 3.05) is 25.0 Å². The van der Waals surface area contributed by atoms with Crippen molar-refractivity contribution in [1.29, 1.82) is 0 Å². The standard InChI is InChI=1S/C19H26N4O2S2/c1-4-25-17(24)15-6-5-9-22(11-15)12-23-19(26)27-18(21-23)20-16-8-7-13(2)14(3)10-16/h7-8,10,15H,4-6,9,11-12H2,1-3H3,(H,20,21)/p+1/t15-/m1/s1. The number of piperidine rings is 1. The van der Waals surface area contributed by atoms with Crippen LogP contribution in [0.5, 0.6) is 0 Å². The summed E-state index contributed by atoms with van der Waals surface area (Å²) in [5, 5.41) is 8.78. The van der Waals surface area contributed by atoms with Crippen LogP contribution in [0.1, 0.15) is 30.9 Å². The predicted octanol–water partition coefficient (Wildman–Crippen LogP) is 2.85. The summed E-state index contributed by atoms with van der Waals surface area (Å²) >= 11 is 6.97. The van der Waals surface area contributed by atoms with E-state index in [1.165, 1.54) is 27.4 Å². The Morgan fingerprint density at radius 1 is 1.44 bits per heavy atom. The Hall–Kier alpha value is -1.77. The normalized spacial score (nSPS) is 19.7. The van der Waals surface area contributed by atoms with Crippen LogP contribution < -0.4 is 10.2 Å². The third kappa shape index (κ3) is 5.15. The third-order valence-corrected chi connectivity index (χ3v) is 6.20. The van der Waals surface area contributed by atoms with Gasteiger partial charge in [0.05, 0.1) is 19.7 Å². The van der Waals surface area contributed by atoms with E-state index in [1.807, 2.05) is 11.6 Å². The van der Waals surface area contributed by atoms with Crippen molar-refractivity contribution in [3.63, 3.8) is 0 Å². The van der Waals surface area contributed by atoms with Crippen LogP contribution in [-0.2, 0) is 16.2 Å². The molecule has 0 spiro atoms. The van der Waals surface area contributed by atoms with Gasteiger partial charge in [-0.15, -0.1) is 5.10 Å². The number of rotatable bonds is 6. The van der Waals surface area contributed by atoms with Crippen LogP contribution in [0.25, 0.3) is 0 Å². The molecule has 1 aromatic heterocycles. The highest BCUT2D eigenvalue weighted by Crippen LogP contribution is 2.22. The lowest BCUT2D eigenvalue weighted by atomic mass is 9.99. The molecule has 2 aromatic rings. The first-order chi connectivity index (χ1) is 13.0. The molecule has 1 unspecified atom stereocenters. The highest BCUT2D eigenvalue weighted by Gasteiger charge is 2.30. The molecule has 0 amide bonds. The number of carbonyl (C=O) groups is 1. The average molecular weight is 408 g/mol. The number of anilines is 2. The van der Waals surface area contributed by atoms with Crippen LogP contribution in [0.4, 0.5) is 10.8 Å². The summed E-state index contributed by atoms with van der Waals surface area (Å²) in [6, 6.07) is 6.27. The molecule has 146 valence electrons. The summed E-state index contributed by atoms with van der Waals surface area (Å²) in [5.41, 5.74) is 3.52. The summed E-state index contributed by atoms with van der Waals surface area (Å²) in [7, 11) is 0. The number of ether oxygens (including phenoxy) is 1. The summed E-state index contributed by atoms with van der Waals surface area (Å²) in [4.78, 5) is 13.4. The van der Waals surface area contributed by atoms with E-state index in [1.54, 1.807) is 0 Å². The van der Waals surface area contributed by atoms with Gasteiger partial charge in [-0.1, -0.05) is 17.4 Å². The van der Waals surface area contributed by atoms with Crippen LogP contribution in [0.15, 0.2) is 18.2 Å². The van der Waals surface area contributed by atoms with Crippen LogP contribution in [0.3, 0.4) is 0 Å². The zero-order chi connectivity index (χ0) is 19.4. The Kier molecular flexibility index (Phi) is 6.62. The monoisotopic (exact) mass is 407 g/mol. The van der Waals surface area contributed by atoms with E-state index in [0.717, 1.165) is 40.7 Å². The number of hydrogen-bond acceptors (Lipinski definition) is 6. The van der Waals surface area contributed by atoms with E-state index >= 15 is 0 Å². The van der Waals surface area contributed by atoms with Gasteiger partial charge in [0, 0.05) is 5.69 Å². The number of quaternary nitrogens is 1. The second-order valence-electron chi connectivity index (χ2n) is 7.05. The second-order valence-corrected chi connectivity index (χ2v) is 8.67. The van der Waals surface area contributed by atoms with Crippen molar-refractivity contribution in [1.82, 2.24) is 9.78 Å². The number of aromatic nitrogens is 2. The zero-order valence-electron chi connectivity index (χ0n) is 16.1. The molecule has 6 nitrogen and oxygen atoms in total. The molecular weight excluding hydrogens is 380 g/mol. The molecule has 2 atom stereocenters. The molecule has 0 bridgehead atoms. The lowest BCUT2D eigenvalue weighted by Crippen LogP contribution is -3.13. The number of carbonyl (C=O) groups excluding carboxylic acids is 1. The second kappa shape index (κ2) is 8.95.